The highest BCUT2D eigenvalue weighted by Gasteiger charge is 2.26. The maximum atomic E-state index is 13.0. The summed E-state index contributed by atoms with van der Waals surface area (Å²) in [4.78, 5) is 35.8. The molecule has 1 aliphatic heterocycles. The number of aromatic nitrogens is 2. The van der Waals surface area contributed by atoms with Crippen molar-refractivity contribution in [2.24, 2.45) is 0 Å². The molecule has 7 nitrogen and oxygen atoms in total. The number of rotatable bonds is 6. The van der Waals surface area contributed by atoms with E-state index < -0.39 is 0 Å². The van der Waals surface area contributed by atoms with Crippen molar-refractivity contribution >= 4 is 17.5 Å². The third-order valence-electron chi connectivity index (χ3n) is 5.66. The van der Waals surface area contributed by atoms with E-state index in [1.165, 1.54) is 24.3 Å². The number of ether oxygens (including phenoxy) is 1. The number of carbonyl (C=O) groups excluding carboxylic acids is 2. The molecule has 0 saturated carbocycles. The van der Waals surface area contributed by atoms with Crippen LogP contribution in [0, 0.1) is 12.7 Å². The van der Waals surface area contributed by atoms with Gasteiger partial charge >= 0.3 is 0 Å². The second-order valence-electron chi connectivity index (χ2n) is 7.95. The van der Waals surface area contributed by atoms with Gasteiger partial charge in [-0.1, -0.05) is 18.2 Å². The predicted octanol–water partition coefficient (Wildman–Crippen LogP) is 3.96. The minimum Gasteiger partial charge on any atom is -0.484 e. The Hall–Kier alpha value is -3.81. The summed E-state index contributed by atoms with van der Waals surface area (Å²) in [7, 11) is 0. The molecule has 1 N–H and O–H groups in total. The van der Waals surface area contributed by atoms with Gasteiger partial charge in [-0.05, 0) is 56.2 Å². The van der Waals surface area contributed by atoms with Crippen LogP contribution >= 0.6 is 0 Å². The van der Waals surface area contributed by atoms with Gasteiger partial charge in [0.2, 0.25) is 0 Å². The SMILES string of the molecule is Cc1nc(C2CCN(C(=O)COc3ccc(F)cc3)CC2)ncc1C(=O)Nc1ccccc1. The number of carbonyl (C=O) groups is 2. The summed E-state index contributed by atoms with van der Waals surface area (Å²) in [6.45, 7) is 2.87. The largest absolute Gasteiger partial charge is 0.484 e. The Morgan fingerprint density at radius 3 is 2.45 bits per heavy atom. The van der Waals surface area contributed by atoms with E-state index in [4.69, 9.17) is 4.74 Å². The summed E-state index contributed by atoms with van der Waals surface area (Å²) < 4.78 is 18.4. The summed E-state index contributed by atoms with van der Waals surface area (Å²) in [6, 6.07) is 14.8. The maximum Gasteiger partial charge on any atom is 0.260 e. The molecule has 8 heteroatoms. The van der Waals surface area contributed by atoms with Gasteiger partial charge in [-0.15, -0.1) is 0 Å². The second-order valence-corrected chi connectivity index (χ2v) is 7.95. The van der Waals surface area contributed by atoms with Crippen molar-refractivity contribution in [1.82, 2.24) is 14.9 Å². The number of halogens is 1. The first-order valence-electron chi connectivity index (χ1n) is 10.9. The van der Waals surface area contributed by atoms with Gasteiger partial charge in [-0.3, -0.25) is 9.59 Å². The summed E-state index contributed by atoms with van der Waals surface area (Å²) in [5, 5.41) is 2.85. The van der Waals surface area contributed by atoms with E-state index in [1.54, 1.807) is 18.0 Å². The zero-order valence-corrected chi connectivity index (χ0v) is 18.3. The fourth-order valence-electron chi connectivity index (χ4n) is 3.78. The lowest BCUT2D eigenvalue weighted by Gasteiger charge is -2.31. The number of amides is 2. The molecule has 3 aromatic rings. The highest BCUT2D eigenvalue weighted by molar-refractivity contribution is 6.04. The highest BCUT2D eigenvalue weighted by Crippen LogP contribution is 2.26. The Morgan fingerprint density at radius 1 is 1.09 bits per heavy atom. The molecule has 1 aliphatic rings. The van der Waals surface area contributed by atoms with E-state index in [0.29, 0.717) is 41.6 Å². The van der Waals surface area contributed by atoms with Crippen LogP contribution in [0.25, 0.3) is 0 Å². The number of nitrogens with zero attached hydrogens (tertiary/aromatic N) is 3. The van der Waals surface area contributed by atoms with Gasteiger partial charge in [-0.2, -0.15) is 0 Å². The third kappa shape index (κ3) is 5.71. The number of aryl methyl sites for hydroxylation is 1. The number of benzene rings is 2. The molecular weight excluding hydrogens is 423 g/mol. The molecule has 1 aromatic heterocycles. The molecule has 0 unspecified atom stereocenters. The van der Waals surface area contributed by atoms with Crippen molar-refractivity contribution in [3.8, 4) is 5.75 Å². The second kappa shape index (κ2) is 10.2. The number of likely N-dealkylation sites (tertiary alicyclic amines) is 1. The minimum atomic E-state index is -0.349. The molecule has 1 saturated heterocycles. The number of nitrogens with one attached hydrogen (secondary N) is 1. The topological polar surface area (TPSA) is 84.4 Å². The molecule has 1 fully saturated rings. The zero-order chi connectivity index (χ0) is 23.2. The van der Waals surface area contributed by atoms with Gasteiger partial charge in [0.25, 0.3) is 11.8 Å². The van der Waals surface area contributed by atoms with Crippen LogP contribution in [0.3, 0.4) is 0 Å². The predicted molar refractivity (Wildman–Crippen MR) is 122 cm³/mol. The zero-order valence-electron chi connectivity index (χ0n) is 18.3. The average molecular weight is 448 g/mol. The number of para-hydroxylation sites is 1. The number of hydrogen-bond acceptors (Lipinski definition) is 5. The lowest BCUT2D eigenvalue weighted by Crippen LogP contribution is -2.40. The fourth-order valence-corrected chi connectivity index (χ4v) is 3.78. The van der Waals surface area contributed by atoms with E-state index in [2.05, 4.69) is 15.3 Å². The summed E-state index contributed by atoms with van der Waals surface area (Å²) in [5.74, 6) is 0.572. The van der Waals surface area contributed by atoms with Gasteiger partial charge in [0, 0.05) is 30.9 Å². The summed E-state index contributed by atoms with van der Waals surface area (Å²) >= 11 is 0. The molecule has 2 aromatic carbocycles. The summed E-state index contributed by atoms with van der Waals surface area (Å²) in [6.07, 6.45) is 3.04. The van der Waals surface area contributed by atoms with E-state index in [-0.39, 0.29) is 30.2 Å². The van der Waals surface area contributed by atoms with Crippen LogP contribution in [0.1, 0.15) is 40.6 Å². The van der Waals surface area contributed by atoms with Crippen LogP contribution in [0.5, 0.6) is 5.75 Å². The summed E-state index contributed by atoms with van der Waals surface area (Å²) in [5.41, 5.74) is 1.78. The van der Waals surface area contributed by atoms with Crippen LogP contribution in [-0.2, 0) is 4.79 Å². The van der Waals surface area contributed by atoms with Crippen molar-refractivity contribution in [1.29, 1.82) is 0 Å². The van der Waals surface area contributed by atoms with Crippen molar-refractivity contribution in [2.75, 3.05) is 25.0 Å². The van der Waals surface area contributed by atoms with Crippen LogP contribution < -0.4 is 10.1 Å². The standard InChI is InChI=1S/C25H25FN4O3/c1-17-22(25(32)29-20-5-3-2-4-6-20)15-27-24(28-17)18-11-13-30(14-12-18)23(31)16-33-21-9-7-19(26)8-10-21/h2-10,15,18H,11-14,16H2,1H3,(H,29,32). The van der Waals surface area contributed by atoms with Crippen molar-refractivity contribution in [2.45, 2.75) is 25.7 Å². The molecule has 170 valence electrons. The molecule has 0 radical (unpaired) electrons. The molecule has 0 bridgehead atoms. The van der Waals surface area contributed by atoms with Crippen LogP contribution in [0.2, 0.25) is 0 Å². The number of piperidine rings is 1. The Bertz CT molecular complexity index is 1110. The van der Waals surface area contributed by atoms with Gasteiger partial charge in [0.05, 0.1) is 11.3 Å². The first-order chi connectivity index (χ1) is 16.0. The van der Waals surface area contributed by atoms with Crippen LogP contribution in [-0.4, -0.2) is 46.4 Å². The maximum absolute atomic E-state index is 13.0. The van der Waals surface area contributed by atoms with Crippen LogP contribution in [0.4, 0.5) is 10.1 Å². The Labute approximate surface area is 191 Å². The van der Waals surface area contributed by atoms with Crippen molar-refractivity contribution < 1.29 is 18.7 Å². The minimum absolute atomic E-state index is 0.0862. The molecule has 2 heterocycles. The van der Waals surface area contributed by atoms with E-state index >= 15 is 0 Å². The lowest BCUT2D eigenvalue weighted by molar-refractivity contribution is -0.134. The first-order valence-corrected chi connectivity index (χ1v) is 10.9. The smallest absolute Gasteiger partial charge is 0.260 e. The molecule has 4 rings (SSSR count). The van der Waals surface area contributed by atoms with Crippen molar-refractivity contribution in [3.63, 3.8) is 0 Å². The van der Waals surface area contributed by atoms with Gasteiger partial charge in [0.15, 0.2) is 6.61 Å². The third-order valence-corrected chi connectivity index (χ3v) is 5.66. The molecular formula is C25H25FN4O3. The molecule has 0 aliphatic carbocycles. The number of hydrogen-bond donors (Lipinski definition) is 1. The van der Waals surface area contributed by atoms with E-state index in [9.17, 15) is 14.0 Å². The molecule has 0 spiro atoms. The quantitative estimate of drug-likeness (QED) is 0.617. The van der Waals surface area contributed by atoms with Gasteiger partial charge in [0.1, 0.15) is 17.4 Å². The average Bonchev–Trinajstić information content (AvgIpc) is 2.84. The normalized spacial score (nSPS) is 14.1. The van der Waals surface area contributed by atoms with E-state index in [0.717, 1.165) is 12.8 Å². The monoisotopic (exact) mass is 448 g/mol. The Morgan fingerprint density at radius 2 is 1.79 bits per heavy atom. The van der Waals surface area contributed by atoms with E-state index in [1.807, 2.05) is 30.3 Å². The molecule has 2 amide bonds. The molecule has 0 atom stereocenters. The van der Waals surface area contributed by atoms with Gasteiger partial charge in [-0.25, -0.2) is 14.4 Å². The van der Waals surface area contributed by atoms with Crippen LogP contribution in [0.15, 0.2) is 60.8 Å². The Kier molecular flexibility index (Phi) is 6.92. The lowest BCUT2D eigenvalue weighted by atomic mass is 9.95. The van der Waals surface area contributed by atoms with Gasteiger partial charge < -0.3 is 15.0 Å². The fraction of sp³-hybridized carbons (Fsp3) is 0.280. The highest BCUT2D eigenvalue weighted by atomic mass is 19.1. The number of anilines is 1. The molecule has 33 heavy (non-hydrogen) atoms. The van der Waals surface area contributed by atoms with Crippen molar-refractivity contribution in [3.05, 3.63) is 83.7 Å². The Balaban J connectivity index is 1.30. The first kappa shape index (κ1) is 22.4.